The highest BCUT2D eigenvalue weighted by Gasteiger charge is 2.38. The van der Waals surface area contributed by atoms with Crippen molar-refractivity contribution in [1.82, 2.24) is 5.32 Å². The Hall–Kier alpha value is -2.05. The van der Waals surface area contributed by atoms with Gasteiger partial charge in [-0.05, 0) is 31.9 Å². The lowest BCUT2D eigenvalue weighted by atomic mass is 9.93. The van der Waals surface area contributed by atoms with Crippen LogP contribution in [0.2, 0.25) is 0 Å². The summed E-state index contributed by atoms with van der Waals surface area (Å²) < 4.78 is 0. The number of quaternary nitrogens is 1. The van der Waals surface area contributed by atoms with Gasteiger partial charge < -0.3 is 18.1 Å². The summed E-state index contributed by atoms with van der Waals surface area (Å²) in [6, 6.07) is 3.68. The van der Waals surface area contributed by atoms with Crippen molar-refractivity contribution in [2.45, 2.75) is 39.2 Å². The van der Waals surface area contributed by atoms with E-state index in [9.17, 15) is 19.2 Å². The van der Waals surface area contributed by atoms with Gasteiger partial charge in [-0.2, -0.15) is 0 Å². The molecule has 1 aromatic rings. The summed E-state index contributed by atoms with van der Waals surface area (Å²) in [7, 11) is 0. The Balaban J connectivity index is 0.000000409. The number of benzene rings is 1. The monoisotopic (exact) mass is 340 g/mol. The molecule has 1 saturated heterocycles. The molecule has 6 nitrogen and oxygen atoms in total. The molecular formula is C16H21ClN2O4. The molecule has 2 rings (SSSR count). The fourth-order valence-electron chi connectivity index (χ4n) is 2.01. The van der Waals surface area contributed by atoms with Crippen LogP contribution in [0.3, 0.4) is 0 Å². The largest absolute Gasteiger partial charge is 1.00 e. The minimum absolute atomic E-state index is 0. The van der Waals surface area contributed by atoms with E-state index < -0.39 is 5.54 Å². The van der Waals surface area contributed by atoms with Gasteiger partial charge in [0.05, 0.1) is 0 Å². The minimum atomic E-state index is -0.603. The first-order chi connectivity index (χ1) is 10.2. The Bertz CT molecular complexity index is 594. The van der Waals surface area contributed by atoms with E-state index >= 15 is 0 Å². The summed E-state index contributed by atoms with van der Waals surface area (Å²) in [5.41, 5.74) is 5.78. The summed E-state index contributed by atoms with van der Waals surface area (Å²) in [6.07, 6.45) is 2.42. The molecule has 1 atom stereocenters. The maximum atomic E-state index is 10.9. The normalized spacial score (nSPS) is 19.7. The number of carbonyl (C=O) groups excluding carboxylic acids is 4. The van der Waals surface area contributed by atoms with Crippen LogP contribution in [0.5, 0.6) is 0 Å². The smallest absolute Gasteiger partial charge is 0.287 e. The van der Waals surface area contributed by atoms with Crippen LogP contribution in [0.4, 0.5) is 0 Å². The first-order valence-corrected chi connectivity index (χ1v) is 6.93. The van der Waals surface area contributed by atoms with Gasteiger partial charge in [-0.25, -0.2) is 0 Å². The summed E-state index contributed by atoms with van der Waals surface area (Å²) >= 11 is 0. The zero-order valence-electron chi connectivity index (χ0n) is 13.4. The van der Waals surface area contributed by atoms with Crippen molar-refractivity contribution >= 4 is 24.4 Å². The number of carbonyl (C=O) groups is 4. The van der Waals surface area contributed by atoms with E-state index in [-0.39, 0.29) is 24.2 Å². The van der Waals surface area contributed by atoms with E-state index in [1.54, 1.807) is 6.92 Å². The Kier molecular flexibility index (Phi) is 7.79. The van der Waals surface area contributed by atoms with Crippen molar-refractivity contribution in [2.24, 2.45) is 0 Å². The van der Waals surface area contributed by atoms with Crippen LogP contribution in [0.15, 0.2) is 12.1 Å². The topological polar surface area (TPSA) is 108 Å². The summed E-state index contributed by atoms with van der Waals surface area (Å²) in [5, 5.41) is 2.23. The lowest BCUT2D eigenvalue weighted by molar-refractivity contribution is -0.454. The van der Waals surface area contributed by atoms with Crippen LogP contribution in [0.25, 0.3) is 0 Å². The van der Waals surface area contributed by atoms with E-state index in [1.165, 1.54) is 0 Å². The molecular weight excluding hydrogens is 320 g/mol. The van der Waals surface area contributed by atoms with E-state index in [2.05, 4.69) is 11.1 Å². The SMILES string of the molecule is CC1([NH3+])CCC(=O)NC1=O.Cc1ccc(C)c(C=O)c1C=O.[Cl-]. The number of aryl methyl sites for hydroxylation is 2. The van der Waals surface area contributed by atoms with Crippen LogP contribution >= 0.6 is 0 Å². The molecule has 7 heteroatoms. The number of aldehydes is 2. The highest BCUT2D eigenvalue weighted by atomic mass is 35.5. The van der Waals surface area contributed by atoms with E-state index in [0.29, 0.717) is 24.0 Å². The maximum absolute atomic E-state index is 10.9. The molecule has 2 amide bonds. The highest BCUT2D eigenvalue weighted by Crippen LogP contribution is 2.14. The summed E-state index contributed by atoms with van der Waals surface area (Å²) in [4.78, 5) is 42.7. The molecule has 0 spiro atoms. The first-order valence-electron chi connectivity index (χ1n) is 6.93. The van der Waals surface area contributed by atoms with Crippen LogP contribution in [0.1, 0.15) is 51.6 Å². The van der Waals surface area contributed by atoms with Crippen molar-refractivity contribution < 1.29 is 37.3 Å². The predicted molar refractivity (Wildman–Crippen MR) is 80.4 cm³/mol. The van der Waals surface area contributed by atoms with Crippen LogP contribution in [-0.4, -0.2) is 29.9 Å². The number of amides is 2. The average molecular weight is 341 g/mol. The zero-order valence-corrected chi connectivity index (χ0v) is 14.2. The van der Waals surface area contributed by atoms with Gasteiger partial charge in [0.15, 0.2) is 18.1 Å². The fraction of sp³-hybridized carbons (Fsp3) is 0.375. The number of hydrogen-bond donors (Lipinski definition) is 2. The van der Waals surface area contributed by atoms with Crippen molar-refractivity contribution in [3.8, 4) is 0 Å². The van der Waals surface area contributed by atoms with Crippen molar-refractivity contribution in [1.29, 1.82) is 0 Å². The summed E-state index contributed by atoms with van der Waals surface area (Å²) in [5.74, 6) is -0.449. The van der Waals surface area contributed by atoms with Crippen LogP contribution in [-0.2, 0) is 9.59 Å². The average Bonchev–Trinajstić information content (AvgIpc) is 2.46. The van der Waals surface area contributed by atoms with Gasteiger partial charge in [-0.1, -0.05) is 12.1 Å². The molecule has 0 aromatic heterocycles. The molecule has 1 fully saturated rings. The van der Waals surface area contributed by atoms with Crippen LogP contribution in [0, 0.1) is 13.8 Å². The van der Waals surface area contributed by atoms with Crippen LogP contribution < -0.4 is 23.5 Å². The Morgan fingerprint density at radius 1 is 1.09 bits per heavy atom. The molecule has 1 aromatic carbocycles. The third-order valence-corrected chi connectivity index (χ3v) is 3.66. The standard InChI is InChI=1S/C10H10O2.C6H10N2O2.ClH/c1-7-3-4-8(2)10(6-12)9(7)5-11;1-6(7)3-2-4(9)8-5(6)10;/h3-6H,1-2H3;2-3,7H2,1H3,(H,8,9,10);1H. The van der Waals surface area contributed by atoms with Gasteiger partial charge in [0.1, 0.15) is 0 Å². The molecule has 1 aliphatic heterocycles. The molecule has 1 aliphatic rings. The number of imide groups is 1. The molecule has 23 heavy (non-hydrogen) atoms. The third-order valence-electron chi connectivity index (χ3n) is 3.66. The molecule has 1 unspecified atom stereocenters. The zero-order chi connectivity index (χ0) is 16.9. The molecule has 0 aliphatic carbocycles. The number of halogens is 1. The maximum Gasteiger partial charge on any atom is 0.287 e. The highest BCUT2D eigenvalue weighted by molar-refractivity contribution is 6.01. The molecule has 1 heterocycles. The number of hydrogen-bond acceptors (Lipinski definition) is 4. The van der Waals surface area contributed by atoms with E-state index in [4.69, 9.17) is 0 Å². The van der Waals surface area contributed by atoms with Crippen molar-refractivity contribution in [3.05, 3.63) is 34.4 Å². The molecule has 0 bridgehead atoms. The molecule has 0 radical (unpaired) electrons. The lowest BCUT2D eigenvalue weighted by Crippen LogP contribution is -3.00. The predicted octanol–water partition coefficient (Wildman–Crippen LogP) is -2.64. The van der Waals surface area contributed by atoms with E-state index in [0.717, 1.165) is 23.7 Å². The van der Waals surface area contributed by atoms with Gasteiger partial charge >= 0.3 is 0 Å². The van der Waals surface area contributed by atoms with Crippen molar-refractivity contribution in [2.75, 3.05) is 0 Å². The number of piperidine rings is 1. The second-order valence-corrected chi connectivity index (χ2v) is 5.70. The Labute approximate surface area is 141 Å². The van der Waals surface area contributed by atoms with Gasteiger partial charge in [0, 0.05) is 24.0 Å². The third kappa shape index (κ3) is 5.26. The number of nitrogens with one attached hydrogen (secondary N) is 1. The van der Waals surface area contributed by atoms with E-state index in [1.807, 2.05) is 26.0 Å². The second-order valence-electron chi connectivity index (χ2n) is 5.70. The molecule has 0 saturated carbocycles. The van der Waals surface area contributed by atoms with Gasteiger partial charge in [0.25, 0.3) is 5.91 Å². The Morgan fingerprint density at radius 2 is 1.52 bits per heavy atom. The first kappa shape index (κ1) is 20.9. The molecule has 4 N–H and O–H groups in total. The minimum Gasteiger partial charge on any atom is -1.00 e. The summed E-state index contributed by atoms with van der Waals surface area (Å²) in [6.45, 7) is 5.36. The number of rotatable bonds is 2. The Morgan fingerprint density at radius 3 is 1.83 bits per heavy atom. The quantitative estimate of drug-likeness (QED) is 0.453. The lowest BCUT2D eigenvalue weighted by Gasteiger charge is -2.23. The van der Waals surface area contributed by atoms with Gasteiger partial charge in [-0.15, -0.1) is 0 Å². The van der Waals surface area contributed by atoms with Gasteiger partial charge in [0.2, 0.25) is 5.91 Å². The van der Waals surface area contributed by atoms with Gasteiger partial charge in [-0.3, -0.25) is 24.5 Å². The molecule has 126 valence electrons. The second kappa shape index (κ2) is 8.55. The fourth-order valence-corrected chi connectivity index (χ4v) is 2.01. The van der Waals surface area contributed by atoms with Crippen molar-refractivity contribution in [3.63, 3.8) is 0 Å².